The van der Waals surface area contributed by atoms with E-state index in [1.807, 2.05) is 6.08 Å². The quantitative estimate of drug-likeness (QED) is 0.309. The molecule has 0 radical (unpaired) electrons. The highest BCUT2D eigenvalue weighted by atomic mass is 16.7. The number of carbonyl (C=O) groups excluding carboxylic acids is 1. The molecule has 0 spiro atoms. The van der Waals surface area contributed by atoms with Gasteiger partial charge in [-0.3, -0.25) is 9.63 Å². The van der Waals surface area contributed by atoms with Gasteiger partial charge in [-0.1, -0.05) is 31.6 Å². The van der Waals surface area contributed by atoms with Crippen LogP contribution < -0.4 is 0 Å². The van der Waals surface area contributed by atoms with Gasteiger partial charge in [-0.05, 0) is 42.9 Å². The fourth-order valence-electron chi connectivity index (χ4n) is 4.57. The summed E-state index contributed by atoms with van der Waals surface area (Å²) in [4.78, 5) is 16.8. The Morgan fingerprint density at radius 1 is 1.29 bits per heavy atom. The highest BCUT2D eigenvalue weighted by molar-refractivity contribution is 5.87. The molecule has 5 nitrogen and oxygen atoms in total. The van der Waals surface area contributed by atoms with Crippen molar-refractivity contribution in [2.75, 3.05) is 28.1 Å². The fraction of sp³-hybridized carbons (Fsp3) is 0.737. The molecule has 0 N–H and O–H groups in total. The summed E-state index contributed by atoms with van der Waals surface area (Å²) in [7, 11) is 4.74. The van der Waals surface area contributed by atoms with E-state index in [1.165, 1.54) is 25.0 Å². The van der Waals surface area contributed by atoms with Gasteiger partial charge in [0.25, 0.3) is 5.91 Å². The molecule has 0 aromatic carbocycles. The molecule has 1 amide bonds. The van der Waals surface area contributed by atoms with Crippen molar-refractivity contribution in [2.45, 2.75) is 45.1 Å². The predicted molar refractivity (Wildman–Crippen MR) is 93.0 cm³/mol. The van der Waals surface area contributed by atoms with E-state index in [2.05, 4.69) is 13.5 Å². The van der Waals surface area contributed by atoms with E-state index in [4.69, 9.17) is 14.3 Å². The lowest BCUT2D eigenvalue weighted by Gasteiger charge is -2.45. The highest BCUT2D eigenvalue weighted by Gasteiger charge is 2.52. The average Bonchev–Trinajstić information content (AvgIpc) is 2.94. The monoisotopic (exact) mass is 337 g/mol. The smallest absolute Gasteiger partial charge is 0.269 e. The van der Waals surface area contributed by atoms with Crippen LogP contribution in [0, 0.1) is 17.3 Å². The Balaban J connectivity index is 2.05. The zero-order valence-corrected chi connectivity index (χ0v) is 15.4. The molecule has 2 saturated carbocycles. The third-order valence-corrected chi connectivity index (χ3v) is 5.93. The number of hydrogen-bond donors (Lipinski definition) is 0. The van der Waals surface area contributed by atoms with Crippen LogP contribution in [0.5, 0.6) is 0 Å². The summed E-state index contributed by atoms with van der Waals surface area (Å²) >= 11 is 0. The van der Waals surface area contributed by atoms with Gasteiger partial charge < -0.3 is 9.47 Å². The van der Waals surface area contributed by atoms with E-state index in [0.29, 0.717) is 18.6 Å². The van der Waals surface area contributed by atoms with Crippen molar-refractivity contribution < 1.29 is 19.1 Å². The van der Waals surface area contributed by atoms with Crippen LogP contribution in [0.1, 0.15) is 39.0 Å². The Bertz CT molecular complexity index is 490. The molecule has 0 heterocycles. The molecule has 136 valence electrons. The average molecular weight is 337 g/mol. The molecular formula is C19H31NO4. The number of carbonyl (C=O) groups is 1. The minimum atomic E-state index is -0.178. The Morgan fingerprint density at radius 2 is 2.04 bits per heavy atom. The SMILES string of the molecule is C=C(/C=C/C(=O)N(C)OC)[C@H]1CC[C@H]2[C@@H](OCOC)CCC[C@]12C. The van der Waals surface area contributed by atoms with Crippen molar-refractivity contribution in [1.29, 1.82) is 0 Å². The van der Waals surface area contributed by atoms with Crippen LogP contribution in [0.2, 0.25) is 0 Å². The molecule has 2 rings (SSSR count). The number of fused-ring (bicyclic) bond motifs is 1. The fourth-order valence-corrected chi connectivity index (χ4v) is 4.57. The first kappa shape index (κ1) is 19.2. The lowest BCUT2D eigenvalue weighted by molar-refractivity contribution is -0.162. The molecule has 24 heavy (non-hydrogen) atoms. The minimum absolute atomic E-state index is 0.178. The molecule has 2 aliphatic rings. The first-order valence-corrected chi connectivity index (χ1v) is 8.73. The lowest BCUT2D eigenvalue weighted by Crippen LogP contribution is -2.41. The van der Waals surface area contributed by atoms with Crippen molar-refractivity contribution >= 4 is 5.91 Å². The van der Waals surface area contributed by atoms with E-state index >= 15 is 0 Å². The molecule has 0 saturated heterocycles. The Labute approximate surface area is 145 Å². The summed E-state index contributed by atoms with van der Waals surface area (Å²) in [5.74, 6) is 0.755. The van der Waals surface area contributed by atoms with Crippen LogP contribution in [-0.2, 0) is 19.1 Å². The summed E-state index contributed by atoms with van der Waals surface area (Å²) < 4.78 is 11.0. The molecule has 0 bridgehead atoms. The molecule has 2 fully saturated rings. The van der Waals surface area contributed by atoms with Gasteiger partial charge in [-0.25, -0.2) is 5.06 Å². The van der Waals surface area contributed by atoms with Crippen molar-refractivity contribution in [3.05, 3.63) is 24.3 Å². The number of hydroxylamine groups is 2. The summed E-state index contributed by atoms with van der Waals surface area (Å²) in [6, 6.07) is 0. The maximum atomic E-state index is 11.9. The molecule has 0 aromatic rings. The molecule has 0 unspecified atom stereocenters. The largest absolute Gasteiger partial charge is 0.359 e. The Kier molecular flexibility index (Phi) is 6.61. The van der Waals surface area contributed by atoms with Gasteiger partial charge >= 0.3 is 0 Å². The summed E-state index contributed by atoms with van der Waals surface area (Å²) in [6.07, 6.45) is 9.38. The summed E-state index contributed by atoms with van der Waals surface area (Å²) in [5, 5.41) is 1.21. The molecular weight excluding hydrogens is 306 g/mol. The van der Waals surface area contributed by atoms with Crippen LogP contribution in [0.15, 0.2) is 24.3 Å². The van der Waals surface area contributed by atoms with Gasteiger partial charge in [0.05, 0.1) is 13.2 Å². The first-order valence-electron chi connectivity index (χ1n) is 8.73. The number of amides is 1. The van der Waals surface area contributed by atoms with Gasteiger partial charge in [0.15, 0.2) is 0 Å². The zero-order chi connectivity index (χ0) is 17.7. The minimum Gasteiger partial charge on any atom is -0.359 e. The maximum absolute atomic E-state index is 11.9. The molecule has 0 aromatic heterocycles. The van der Waals surface area contributed by atoms with Crippen LogP contribution >= 0.6 is 0 Å². The Morgan fingerprint density at radius 3 is 2.71 bits per heavy atom. The van der Waals surface area contributed by atoms with E-state index in [-0.39, 0.29) is 17.4 Å². The van der Waals surface area contributed by atoms with Gasteiger partial charge in [0, 0.05) is 20.2 Å². The van der Waals surface area contributed by atoms with E-state index in [0.717, 1.165) is 24.8 Å². The van der Waals surface area contributed by atoms with Crippen molar-refractivity contribution in [1.82, 2.24) is 5.06 Å². The molecule has 0 aliphatic heterocycles. The molecule has 4 atom stereocenters. The number of ether oxygens (including phenoxy) is 2. The number of rotatable bonds is 7. The molecule has 2 aliphatic carbocycles. The zero-order valence-electron chi connectivity index (χ0n) is 15.4. The normalized spacial score (nSPS) is 32.8. The van der Waals surface area contributed by atoms with E-state index in [9.17, 15) is 4.79 Å². The van der Waals surface area contributed by atoms with E-state index in [1.54, 1.807) is 20.2 Å². The Hall–Kier alpha value is -1.17. The number of nitrogens with zero attached hydrogens (tertiary/aromatic N) is 1. The van der Waals surface area contributed by atoms with Gasteiger partial charge in [-0.2, -0.15) is 0 Å². The summed E-state index contributed by atoms with van der Waals surface area (Å²) in [6.45, 7) is 6.98. The number of methoxy groups -OCH3 is 1. The summed E-state index contributed by atoms with van der Waals surface area (Å²) in [5.41, 5.74) is 1.22. The van der Waals surface area contributed by atoms with Crippen LogP contribution in [0.3, 0.4) is 0 Å². The third kappa shape index (κ3) is 3.90. The van der Waals surface area contributed by atoms with Gasteiger partial charge in [0.1, 0.15) is 6.79 Å². The molecule has 5 heteroatoms. The first-order chi connectivity index (χ1) is 11.4. The third-order valence-electron chi connectivity index (χ3n) is 5.93. The van der Waals surface area contributed by atoms with Gasteiger partial charge in [0.2, 0.25) is 0 Å². The van der Waals surface area contributed by atoms with E-state index < -0.39 is 0 Å². The van der Waals surface area contributed by atoms with Crippen molar-refractivity contribution in [2.24, 2.45) is 17.3 Å². The standard InChI is InChI=1S/C19H31NO4/c1-14(8-11-18(21)20(3)23-5)15-9-10-16-17(24-13-22-4)7-6-12-19(15,16)2/h8,11,15-17H,1,6-7,9-10,12-13H2,2-5H3/b11-8+/t15-,16+,17+,19-/m1/s1. The lowest BCUT2D eigenvalue weighted by atomic mass is 9.63. The second kappa shape index (κ2) is 8.28. The predicted octanol–water partition coefficient (Wildman–Crippen LogP) is 3.32. The number of likely N-dealkylation sites (N-methyl/N-ethyl adjacent to an activating group) is 1. The van der Waals surface area contributed by atoms with Crippen LogP contribution in [-0.4, -0.2) is 45.1 Å². The number of hydrogen-bond acceptors (Lipinski definition) is 4. The number of allylic oxidation sites excluding steroid dienone is 2. The van der Waals surface area contributed by atoms with Crippen LogP contribution in [0.4, 0.5) is 0 Å². The highest BCUT2D eigenvalue weighted by Crippen LogP contribution is 2.58. The second-order valence-electron chi connectivity index (χ2n) is 7.17. The van der Waals surface area contributed by atoms with Crippen LogP contribution in [0.25, 0.3) is 0 Å². The van der Waals surface area contributed by atoms with Crippen molar-refractivity contribution in [3.8, 4) is 0 Å². The second-order valence-corrected chi connectivity index (χ2v) is 7.17. The van der Waals surface area contributed by atoms with Gasteiger partial charge in [-0.15, -0.1) is 0 Å². The van der Waals surface area contributed by atoms with Crippen molar-refractivity contribution in [3.63, 3.8) is 0 Å². The maximum Gasteiger partial charge on any atom is 0.269 e. The topological polar surface area (TPSA) is 48.0 Å².